The smallest absolute Gasteiger partial charge is 0.232 e. The fraction of sp³-hybridized carbons (Fsp3) is 0.400. The number of halogens is 4. The summed E-state index contributed by atoms with van der Waals surface area (Å²) >= 11 is 23.0. The minimum atomic E-state index is -3.49. The number of hydrogen-bond donors (Lipinski definition) is 1. The summed E-state index contributed by atoms with van der Waals surface area (Å²) in [6.07, 6.45) is 1.10. The summed E-state index contributed by atoms with van der Waals surface area (Å²) in [6, 6.07) is 2.84. The fourth-order valence-corrected chi connectivity index (χ4v) is 3.66. The standard InChI is InChI=1S/C10H11Cl4NO2S/c11-3-1-2-4-18(16,17)15-10-8(13)5-7(12)6-9(10)14/h5-6,15H,1-4H2. The highest BCUT2D eigenvalue weighted by molar-refractivity contribution is 7.92. The average molecular weight is 351 g/mol. The summed E-state index contributed by atoms with van der Waals surface area (Å²) in [7, 11) is -3.49. The van der Waals surface area contributed by atoms with Gasteiger partial charge in [0, 0.05) is 10.9 Å². The molecule has 102 valence electrons. The molecule has 0 atom stereocenters. The van der Waals surface area contributed by atoms with Crippen LogP contribution in [0.15, 0.2) is 12.1 Å². The molecule has 0 bridgehead atoms. The third kappa shape index (κ3) is 5.02. The molecular formula is C10H11Cl4NO2S. The van der Waals surface area contributed by atoms with Gasteiger partial charge in [-0.1, -0.05) is 34.8 Å². The van der Waals surface area contributed by atoms with Crippen LogP contribution in [-0.2, 0) is 10.0 Å². The normalized spacial score (nSPS) is 11.6. The number of sulfonamides is 1. The lowest BCUT2D eigenvalue weighted by molar-refractivity contribution is 0.598. The minimum absolute atomic E-state index is 0.0327. The van der Waals surface area contributed by atoms with Crippen molar-refractivity contribution in [3.63, 3.8) is 0 Å². The topological polar surface area (TPSA) is 46.2 Å². The second kappa shape index (κ2) is 7.06. The van der Waals surface area contributed by atoms with Gasteiger partial charge in [0.25, 0.3) is 0 Å². The number of unbranched alkanes of at least 4 members (excludes halogenated alkanes) is 1. The summed E-state index contributed by atoms with van der Waals surface area (Å²) in [5.41, 5.74) is 0.147. The molecule has 0 saturated carbocycles. The van der Waals surface area contributed by atoms with Crippen LogP contribution in [0.4, 0.5) is 5.69 Å². The van der Waals surface area contributed by atoms with Gasteiger partial charge in [-0.05, 0) is 25.0 Å². The first-order chi connectivity index (χ1) is 8.35. The predicted molar refractivity (Wildman–Crippen MR) is 78.8 cm³/mol. The van der Waals surface area contributed by atoms with E-state index in [2.05, 4.69) is 4.72 Å². The van der Waals surface area contributed by atoms with Crippen molar-refractivity contribution in [3.05, 3.63) is 27.2 Å². The van der Waals surface area contributed by atoms with Crippen LogP contribution in [0, 0.1) is 0 Å². The van der Waals surface area contributed by atoms with E-state index in [4.69, 9.17) is 46.4 Å². The molecule has 0 aliphatic carbocycles. The van der Waals surface area contributed by atoms with Crippen molar-refractivity contribution < 1.29 is 8.42 Å². The lowest BCUT2D eigenvalue weighted by Gasteiger charge is -2.11. The van der Waals surface area contributed by atoms with Gasteiger partial charge in [0.2, 0.25) is 10.0 Å². The fourth-order valence-electron chi connectivity index (χ4n) is 1.23. The molecule has 18 heavy (non-hydrogen) atoms. The molecule has 1 N–H and O–H groups in total. The van der Waals surface area contributed by atoms with E-state index in [-0.39, 0.29) is 21.5 Å². The van der Waals surface area contributed by atoms with Crippen molar-refractivity contribution in [3.8, 4) is 0 Å². The lowest BCUT2D eigenvalue weighted by atomic mass is 10.3. The van der Waals surface area contributed by atoms with Crippen LogP contribution in [0.5, 0.6) is 0 Å². The van der Waals surface area contributed by atoms with Gasteiger partial charge in [-0.2, -0.15) is 0 Å². The largest absolute Gasteiger partial charge is 0.281 e. The third-order valence-electron chi connectivity index (χ3n) is 2.06. The van der Waals surface area contributed by atoms with E-state index in [9.17, 15) is 8.42 Å². The maximum Gasteiger partial charge on any atom is 0.232 e. The number of hydrogen-bond acceptors (Lipinski definition) is 2. The van der Waals surface area contributed by atoms with Crippen LogP contribution in [0.3, 0.4) is 0 Å². The van der Waals surface area contributed by atoms with E-state index in [1.165, 1.54) is 12.1 Å². The van der Waals surface area contributed by atoms with Crippen LogP contribution in [0.2, 0.25) is 15.1 Å². The highest BCUT2D eigenvalue weighted by atomic mass is 35.5. The molecule has 0 heterocycles. The zero-order chi connectivity index (χ0) is 13.8. The van der Waals surface area contributed by atoms with Crippen molar-refractivity contribution >= 4 is 62.1 Å². The van der Waals surface area contributed by atoms with Crippen molar-refractivity contribution in [2.75, 3.05) is 16.4 Å². The Morgan fingerprint density at radius 2 is 1.61 bits per heavy atom. The van der Waals surface area contributed by atoms with Crippen molar-refractivity contribution in [1.29, 1.82) is 0 Å². The molecule has 1 aromatic carbocycles. The zero-order valence-corrected chi connectivity index (χ0v) is 13.1. The van der Waals surface area contributed by atoms with Gasteiger partial charge in [0.1, 0.15) is 0 Å². The summed E-state index contributed by atoms with van der Waals surface area (Å²) < 4.78 is 25.9. The van der Waals surface area contributed by atoms with Crippen LogP contribution >= 0.6 is 46.4 Å². The summed E-state index contributed by atoms with van der Waals surface area (Å²) in [5.74, 6) is 0.396. The van der Waals surface area contributed by atoms with Gasteiger partial charge < -0.3 is 0 Å². The van der Waals surface area contributed by atoms with Gasteiger partial charge in [0.15, 0.2) is 0 Å². The zero-order valence-electron chi connectivity index (χ0n) is 9.22. The third-order valence-corrected chi connectivity index (χ3v) is 4.48. The van der Waals surface area contributed by atoms with Crippen molar-refractivity contribution in [2.24, 2.45) is 0 Å². The van der Waals surface area contributed by atoms with Gasteiger partial charge in [0.05, 0.1) is 21.5 Å². The molecule has 0 radical (unpaired) electrons. The number of alkyl halides is 1. The summed E-state index contributed by atoms with van der Waals surface area (Å²) in [4.78, 5) is 0. The Bertz CT molecular complexity index is 496. The first-order valence-electron chi connectivity index (χ1n) is 5.07. The lowest BCUT2D eigenvalue weighted by Crippen LogP contribution is -2.17. The highest BCUT2D eigenvalue weighted by Gasteiger charge is 2.15. The van der Waals surface area contributed by atoms with Gasteiger partial charge in [-0.3, -0.25) is 4.72 Å². The van der Waals surface area contributed by atoms with Crippen LogP contribution < -0.4 is 4.72 Å². The van der Waals surface area contributed by atoms with E-state index in [1.54, 1.807) is 0 Å². The predicted octanol–water partition coefficient (Wildman–Crippen LogP) is 4.41. The van der Waals surface area contributed by atoms with E-state index in [1.807, 2.05) is 0 Å². The van der Waals surface area contributed by atoms with Crippen LogP contribution in [-0.4, -0.2) is 20.1 Å². The number of anilines is 1. The maximum atomic E-state index is 11.8. The maximum absolute atomic E-state index is 11.8. The van der Waals surface area contributed by atoms with Gasteiger partial charge in [-0.15, -0.1) is 11.6 Å². The molecule has 0 amide bonds. The monoisotopic (exact) mass is 349 g/mol. The molecule has 0 aliphatic heterocycles. The summed E-state index contributed by atoms with van der Waals surface area (Å²) in [5, 5.41) is 0.664. The van der Waals surface area contributed by atoms with E-state index in [0.717, 1.165) is 0 Å². The Labute approximate surface area is 126 Å². The minimum Gasteiger partial charge on any atom is -0.281 e. The first-order valence-corrected chi connectivity index (χ1v) is 8.39. The molecule has 0 spiro atoms. The number of nitrogens with one attached hydrogen (secondary N) is 1. The van der Waals surface area contributed by atoms with E-state index in [0.29, 0.717) is 23.7 Å². The van der Waals surface area contributed by atoms with Gasteiger partial charge >= 0.3 is 0 Å². The number of rotatable bonds is 6. The molecular weight excluding hydrogens is 340 g/mol. The van der Waals surface area contributed by atoms with Crippen LogP contribution in [0.1, 0.15) is 12.8 Å². The Balaban J connectivity index is 2.84. The Morgan fingerprint density at radius 3 is 2.11 bits per heavy atom. The average Bonchev–Trinajstić information content (AvgIpc) is 2.23. The second-order valence-corrected chi connectivity index (χ2v) is 7.03. The number of benzene rings is 1. The second-order valence-electron chi connectivity index (χ2n) is 3.56. The van der Waals surface area contributed by atoms with Gasteiger partial charge in [-0.25, -0.2) is 8.42 Å². The van der Waals surface area contributed by atoms with E-state index < -0.39 is 10.0 Å². The molecule has 0 fully saturated rings. The Hall–Kier alpha value is 0.130. The van der Waals surface area contributed by atoms with Crippen LogP contribution in [0.25, 0.3) is 0 Å². The Kier molecular flexibility index (Phi) is 6.35. The molecule has 1 rings (SSSR count). The molecule has 8 heteroatoms. The molecule has 0 aliphatic rings. The van der Waals surface area contributed by atoms with Crippen molar-refractivity contribution in [2.45, 2.75) is 12.8 Å². The summed E-state index contributed by atoms with van der Waals surface area (Å²) in [6.45, 7) is 0. The van der Waals surface area contributed by atoms with Crippen molar-refractivity contribution in [1.82, 2.24) is 0 Å². The first kappa shape index (κ1) is 16.2. The quantitative estimate of drug-likeness (QED) is 0.610. The molecule has 0 unspecified atom stereocenters. The highest BCUT2D eigenvalue weighted by Crippen LogP contribution is 2.34. The molecule has 3 nitrogen and oxygen atoms in total. The SMILES string of the molecule is O=S(=O)(CCCCCl)Nc1c(Cl)cc(Cl)cc1Cl. The molecule has 0 aromatic heterocycles. The Morgan fingerprint density at radius 1 is 1.06 bits per heavy atom. The molecule has 0 saturated heterocycles. The van der Waals surface area contributed by atoms with E-state index >= 15 is 0 Å². The molecule has 1 aromatic rings.